The number of hydrogen-bond donors (Lipinski definition) is 1. The Balaban J connectivity index is 1.84. The van der Waals surface area contributed by atoms with E-state index in [9.17, 15) is 8.78 Å². The summed E-state index contributed by atoms with van der Waals surface area (Å²) in [6.45, 7) is 4.92. The summed E-state index contributed by atoms with van der Waals surface area (Å²) in [7, 11) is 0. The zero-order chi connectivity index (χ0) is 13.0. The molecule has 1 aromatic rings. The van der Waals surface area contributed by atoms with Gasteiger partial charge in [-0.05, 0) is 22.0 Å². The largest absolute Gasteiger partial charge is 0.489 e. The van der Waals surface area contributed by atoms with Crippen LogP contribution in [0.5, 0.6) is 5.75 Å². The van der Waals surface area contributed by atoms with E-state index in [0.717, 1.165) is 44.9 Å². The van der Waals surface area contributed by atoms with Gasteiger partial charge in [0.15, 0.2) is 11.6 Å². The third-order valence-electron chi connectivity index (χ3n) is 2.85. The Hall–Kier alpha value is -0.720. The molecule has 1 fully saturated rings. The lowest BCUT2D eigenvalue weighted by Gasteiger charge is -2.26. The molecule has 1 heterocycles. The Labute approximate surface area is 113 Å². The third-order valence-corrected chi connectivity index (χ3v) is 3.46. The van der Waals surface area contributed by atoms with Crippen molar-refractivity contribution in [2.45, 2.75) is 0 Å². The monoisotopic (exact) mass is 320 g/mol. The molecule has 1 N–H and O–H groups in total. The molecule has 6 heteroatoms. The van der Waals surface area contributed by atoms with Crippen molar-refractivity contribution in [2.75, 3.05) is 39.3 Å². The van der Waals surface area contributed by atoms with E-state index in [0.29, 0.717) is 6.61 Å². The molecule has 0 atom stereocenters. The summed E-state index contributed by atoms with van der Waals surface area (Å²) in [5.74, 6) is -1.11. The van der Waals surface area contributed by atoms with Gasteiger partial charge in [0, 0.05) is 38.8 Å². The molecule has 1 aromatic carbocycles. The van der Waals surface area contributed by atoms with Gasteiger partial charge >= 0.3 is 0 Å². The predicted molar refractivity (Wildman–Crippen MR) is 68.9 cm³/mol. The maximum Gasteiger partial charge on any atom is 0.166 e. The minimum atomic E-state index is -0.552. The first-order valence-corrected chi connectivity index (χ1v) is 6.66. The van der Waals surface area contributed by atoms with E-state index in [1.54, 1.807) is 0 Å². The highest BCUT2D eigenvalue weighted by Gasteiger charge is 2.12. The summed E-state index contributed by atoms with van der Waals surface area (Å²) in [4.78, 5) is 2.23. The minimum Gasteiger partial charge on any atom is -0.489 e. The Morgan fingerprint density at radius 2 is 1.94 bits per heavy atom. The van der Waals surface area contributed by atoms with Gasteiger partial charge in [-0.2, -0.15) is 0 Å². The van der Waals surface area contributed by atoms with Crippen LogP contribution in [0.2, 0.25) is 0 Å². The number of nitrogens with zero attached hydrogens (tertiary/aromatic N) is 1. The van der Waals surface area contributed by atoms with E-state index in [-0.39, 0.29) is 10.2 Å². The first-order valence-electron chi connectivity index (χ1n) is 5.87. The Morgan fingerprint density at radius 1 is 1.22 bits per heavy atom. The fraction of sp³-hybridized carbons (Fsp3) is 0.500. The zero-order valence-corrected chi connectivity index (χ0v) is 11.5. The smallest absolute Gasteiger partial charge is 0.166 e. The summed E-state index contributed by atoms with van der Waals surface area (Å²) in [6.07, 6.45) is 0. The van der Waals surface area contributed by atoms with Crippen LogP contribution in [-0.4, -0.2) is 44.2 Å². The molecule has 0 aromatic heterocycles. The molecule has 0 aliphatic carbocycles. The summed E-state index contributed by atoms with van der Waals surface area (Å²) < 4.78 is 32.1. The van der Waals surface area contributed by atoms with Crippen LogP contribution in [0.1, 0.15) is 0 Å². The first kappa shape index (κ1) is 13.7. The third kappa shape index (κ3) is 3.63. The summed E-state index contributed by atoms with van der Waals surface area (Å²) in [6, 6.07) is 2.15. The standard InChI is InChI=1S/C12H15BrF2N2O/c13-9-7-11(15)12(8-10(9)14)18-6-5-17-3-1-16-2-4-17/h7-8,16H,1-6H2. The second kappa shape index (κ2) is 6.45. The van der Waals surface area contributed by atoms with Crippen molar-refractivity contribution in [1.29, 1.82) is 0 Å². The van der Waals surface area contributed by atoms with Gasteiger partial charge in [-0.25, -0.2) is 8.78 Å². The quantitative estimate of drug-likeness (QED) is 0.859. The highest BCUT2D eigenvalue weighted by Crippen LogP contribution is 2.24. The molecular formula is C12H15BrF2N2O. The molecule has 0 bridgehead atoms. The van der Waals surface area contributed by atoms with Gasteiger partial charge in [-0.1, -0.05) is 0 Å². The highest BCUT2D eigenvalue weighted by atomic mass is 79.9. The van der Waals surface area contributed by atoms with Gasteiger partial charge in [-0.15, -0.1) is 0 Å². The molecular weight excluding hydrogens is 306 g/mol. The Morgan fingerprint density at radius 3 is 2.67 bits per heavy atom. The second-order valence-corrected chi connectivity index (χ2v) is 4.99. The molecule has 2 rings (SSSR count). The molecule has 3 nitrogen and oxygen atoms in total. The van der Waals surface area contributed by atoms with Crippen molar-refractivity contribution in [3.05, 3.63) is 28.2 Å². The first-order chi connectivity index (χ1) is 8.66. The molecule has 1 aliphatic heterocycles. The topological polar surface area (TPSA) is 24.5 Å². The number of ether oxygens (including phenoxy) is 1. The van der Waals surface area contributed by atoms with E-state index in [1.807, 2.05) is 0 Å². The molecule has 0 unspecified atom stereocenters. The number of halogens is 3. The number of nitrogens with one attached hydrogen (secondary N) is 1. The number of rotatable bonds is 4. The van der Waals surface area contributed by atoms with Crippen LogP contribution in [0.3, 0.4) is 0 Å². The van der Waals surface area contributed by atoms with Crippen molar-refractivity contribution in [3.63, 3.8) is 0 Å². The average Bonchev–Trinajstić information content (AvgIpc) is 2.37. The lowest BCUT2D eigenvalue weighted by molar-refractivity contribution is 0.187. The molecule has 0 spiro atoms. The minimum absolute atomic E-state index is 0.0363. The lowest BCUT2D eigenvalue weighted by Crippen LogP contribution is -2.44. The SMILES string of the molecule is Fc1cc(OCCN2CCNCC2)c(F)cc1Br. The van der Waals surface area contributed by atoms with Crippen molar-refractivity contribution in [2.24, 2.45) is 0 Å². The molecule has 0 radical (unpaired) electrons. The maximum absolute atomic E-state index is 13.5. The number of hydrogen-bond acceptors (Lipinski definition) is 3. The zero-order valence-electron chi connectivity index (χ0n) is 9.89. The second-order valence-electron chi connectivity index (χ2n) is 4.14. The normalized spacial score (nSPS) is 16.8. The van der Waals surface area contributed by atoms with Crippen LogP contribution < -0.4 is 10.1 Å². The Bertz CT molecular complexity index is 411. The Kier molecular flexibility index (Phi) is 4.91. The van der Waals surface area contributed by atoms with Crippen molar-refractivity contribution >= 4 is 15.9 Å². The molecule has 1 saturated heterocycles. The number of benzene rings is 1. The van der Waals surface area contributed by atoms with E-state index in [2.05, 4.69) is 26.1 Å². The highest BCUT2D eigenvalue weighted by molar-refractivity contribution is 9.10. The van der Waals surface area contributed by atoms with Crippen LogP contribution in [0, 0.1) is 11.6 Å². The average molecular weight is 321 g/mol. The van der Waals surface area contributed by atoms with Crippen LogP contribution in [0.25, 0.3) is 0 Å². The van der Waals surface area contributed by atoms with Crippen molar-refractivity contribution in [1.82, 2.24) is 10.2 Å². The molecule has 0 amide bonds. The van der Waals surface area contributed by atoms with Gasteiger partial charge in [0.1, 0.15) is 12.4 Å². The van der Waals surface area contributed by atoms with Crippen LogP contribution in [-0.2, 0) is 0 Å². The van der Waals surface area contributed by atoms with E-state index in [1.165, 1.54) is 0 Å². The molecule has 100 valence electrons. The molecule has 18 heavy (non-hydrogen) atoms. The van der Waals surface area contributed by atoms with Gasteiger partial charge in [0.05, 0.1) is 4.47 Å². The van der Waals surface area contributed by atoms with Gasteiger partial charge in [-0.3, -0.25) is 4.90 Å². The van der Waals surface area contributed by atoms with Gasteiger partial charge in [0.25, 0.3) is 0 Å². The molecule has 1 aliphatic rings. The lowest BCUT2D eigenvalue weighted by atomic mass is 10.3. The van der Waals surface area contributed by atoms with Crippen molar-refractivity contribution in [3.8, 4) is 5.75 Å². The van der Waals surface area contributed by atoms with Crippen LogP contribution in [0.15, 0.2) is 16.6 Å². The summed E-state index contributed by atoms with van der Waals surface area (Å²) in [5, 5.41) is 3.25. The fourth-order valence-electron chi connectivity index (χ4n) is 1.83. The summed E-state index contributed by atoms with van der Waals surface area (Å²) in [5.41, 5.74) is 0. The van der Waals surface area contributed by atoms with E-state index in [4.69, 9.17) is 4.74 Å². The van der Waals surface area contributed by atoms with E-state index < -0.39 is 11.6 Å². The van der Waals surface area contributed by atoms with Gasteiger partial charge in [0.2, 0.25) is 0 Å². The predicted octanol–water partition coefficient (Wildman–Crippen LogP) is 2.01. The van der Waals surface area contributed by atoms with E-state index >= 15 is 0 Å². The maximum atomic E-state index is 13.5. The van der Waals surface area contributed by atoms with Crippen molar-refractivity contribution < 1.29 is 13.5 Å². The van der Waals surface area contributed by atoms with Crippen LogP contribution >= 0.6 is 15.9 Å². The van der Waals surface area contributed by atoms with Gasteiger partial charge < -0.3 is 10.1 Å². The fourth-order valence-corrected chi connectivity index (χ4v) is 2.15. The molecule has 0 saturated carbocycles. The van der Waals surface area contributed by atoms with Crippen LogP contribution in [0.4, 0.5) is 8.78 Å². The number of piperazine rings is 1. The summed E-state index contributed by atoms with van der Waals surface area (Å²) >= 11 is 2.93.